The molecule has 1 aromatic heterocycles. The number of halogens is 4. The van der Waals surface area contributed by atoms with E-state index in [0.29, 0.717) is 16.1 Å². The first kappa shape index (κ1) is 17.8. The molecule has 0 saturated carbocycles. The Labute approximate surface area is 137 Å². The summed E-state index contributed by atoms with van der Waals surface area (Å²) < 4.78 is 39.6. The number of aromatic nitrogens is 1. The van der Waals surface area contributed by atoms with Crippen LogP contribution in [0.3, 0.4) is 0 Å². The standard InChI is InChI=1S/C17H17ClF3NO/c1-3-8-16(23,17(19,20)21)15-7-5-12(10-22-15)13-6-4-11(2)9-14(13)18/h4-7,9-10,23H,3,8H2,1-2H3. The Kier molecular flexibility index (Phi) is 5.01. The molecular formula is C17H17ClF3NO. The molecule has 6 heteroatoms. The molecule has 0 radical (unpaired) electrons. The molecule has 0 aliphatic rings. The molecule has 1 atom stereocenters. The maximum absolute atomic E-state index is 13.2. The second-order valence-electron chi connectivity index (χ2n) is 5.52. The Hall–Kier alpha value is -1.59. The highest BCUT2D eigenvalue weighted by molar-refractivity contribution is 6.33. The Balaban J connectivity index is 2.42. The van der Waals surface area contributed by atoms with Gasteiger partial charge in [-0.1, -0.05) is 43.1 Å². The predicted octanol–water partition coefficient (Wildman–Crippen LogP) is 5.26. The second-order valence-corrected chi connectivity index (χ2v) is 5.93. The van der Waals surface area contributed by atoms with Crippen LogP contribution in [0.2, 0.25) is 5.02 Å². The Morgan fingerprint density at radius 2 is 1.87 bits per heavy atom. The van der Waals surface area contributed by atoms with Crippen molar-refractivity contribution in [3.05, 3.63) is 52.8 Å². The van der Waals surface area contributed by atoms with Crippen LogP contribution in [0.25, 0.3) is 11.1 Å². The number of aryl methyl sites for hydroxylation is 1. The molecule has 2 nitrogen and oxygen atoms in total. The van der Waals surface area contributed by atoms with Gasteiger partial charge in [0.15, 0.2) is 0 Å². The van der Waals surface area contributed by atoms with E-state index in [4.69, 9.17) is 11.6 Å². The number of nitrogens with zero attached hydrogens (tertiary/aromatic N) is 1. The second kappa shape index (κ2) is 6.49. The lowest BCUT2D eigenvalue weighted by atomic mass is 9.92. The van der Waals surface area contributed by atoms with Gasteiger partial charge in [0.25, 0.3) is 0 Å². The summed E-state index contributed by atoms with van der Waals surface area (Å²) in [4.78, 5) is 3.85. The van der Waals surface area contributed by atoms with Crippen LogP contribution in [-0.2, 0) is 5.60 Å². The van der Waals surface area contributed by atoms with Gasteiger partial charge in [0.1, 0.15) is 0 Å². The fourth-order valence-electron chi connectivity index (χ4n) is 2.43. The first-order valence-corrected chi connectivity index (χ1v) is 7.59. The number of hydrogen-bond donors (Lipinski definition) is 1. The molecule has 0 spiro atoms. The van der Waals surface area contributed by atoms with E-state index in [1.807, 2.05) is 13.0 Å². The average molecular weight is 344 g/mol. The summed E-state index contributed by atoms with van der Waals surface area (Å²) in [7, 11) is 0. The van der Waals surface area contributed by atoms with Crippen molar-refractivity contribution in [1.82, 2.24) is 4.98 Å². The van der Waals surface area contributed by atoms with E-state index in [0.717, 1.165) is 5.56 Å². The van der Waals surface area contributed by atoms with Gasteiger partial charge in [-0.25, -0.2) is 0 Å². The molecule has 124 valence electrons. The van der Waals surface area contributed by atoms with E-state index in [9.17, 15) is 18.3 Å². The average Bonchev–Trinajstić information content (AvgIpc) is 2.46. The molecule has 0 aliphatic heterocycles. The van der Waals surface area contributed by atoms with Gasteiger partial charge in [-0.3, -0.25) is 4.98 Å². The van der Waals surface area contributed by atoms with Crippen molar-refractivity contribution in [2.45, 2.75) is 38.5 Å². The molecule has 1 aromatic carbocycles. The minimum Gasteiger partial charge on any atom is -0.375 e. The number of benzene rings is 1. The number of pyridine rings is 1. The van der Waals surface area contributed by atoms with Gasteiger partial charge in [-0.2, -0.15) is 13.2 Å². The minimum absolute atomic E-state index is 0.184. The minimum atomic E-state index is -4.78. The monoisotopic (exact) mass is 343 g/mol. The summed E-state index contributed by atoms with van der Waals surface area (Å²) in [6, 6.07) is 8.11. The lowest BCUT2D eigenvalue weighted by Crippen LogP contribution is -2.42. The highest BCUT2D eigenvalue weighted by Gasteiger charge is 2.55. The molecule has 0 aliphatic carbocycles. The van der Waals surface area contributed by atoms with E-state index >= 15 is 0 Å². The molecule has 0 saturated heterocycles. The number of rotatable bonds is 4. The zero-order valence-corrected chi connectivity index (χ0v) is 13.5. The molecule has 23 heavy (non-hydrogen) atoms. The smallest absolute Gasteiger partial charge is 0.375 e. The summed E-state index contributed by atoms with van der Waals surface area (Å²) in [5, 5.41) is 10.6. The van der Waals surface area contributed by atoms with E-state index in [1.54, 1.807) is 19.1 Å². The van der Waals surface area contributed by atoms with Crippen molar-refractivity contribution in [3.8, 4) is 11.1 Å². The molecule has 0 bridgehead atoms. The van der Waals surface area contributed by atoms with E-state index in [2.05, 4.69) is 4.98 Å². The van der Waals surface area contributed by atoms with E-state index in [1.165, 1.54) is 18.3 Å². The van der Waals surface area contributed by atoms with Crippen LogP contribution in [0.1, 0.15) is 31.0 Å². The van der Waals surface area contributed by atoms with Crippen LogP contribution in [0.5, 0.6) is 0 Å². The zero-order valence-electron chi connectivity index (χ0n) is 12.8. The highest BCUT2D eigenvalue weighted by atomic mass is 35.5. The summed E-state index contributed by atoms with van der Waals surface area (Å²) in [5.41, 5.74) is -1.07. The highest BCUT2D eigenvalue weighted by Crippen LogP contribution is 2.42. The van der Waals surface area contributed by atoms with Crippen LogP contribution in [0.4, 0.5) is 13.2 Å². The number of hydrogen-bond acceptors (Lipinski definition) is 2. The fraction of sp³-hybridized carbons (Fsp3) is 0.353. The number of alkyl halides is 3. The van der Waals surface area contributed by atoms with Crippen molar-refractivity contribution in [2.24, 2.45) is 0 Å². The summed E-state index contributed by atoms with van der Waals surface area (Å²) >= 11 is 6.16. The van der Waals surface area contributed by atoms with Crippen LogP contribution in [0.15, 0.2) is 36.5 Å². The molecule has 2 rings (SSSR count). The van der Waals surface area contributed by atoms with Crippen molar-refractivity contribution >= 4 is 11.6 Å². The molecular weight excluding hydrogens is 327 g/mol. The largest absolute Gasteiger partial charge is 0.422 e. The van der Waals surface area contributed by atoms with Gasteiger partial charge in [-0.15, -0.1) is 0 Å². The van der Waals surface area contributed by atoms with Crippen molar-refractivity contribution in [3.63, 3.8) is 0 Å². The van der Waals surface area contributed by atoms with Gasteiger partial charge < -0.3 is 5.11 Å². The quantitative estimate of drug-likeness (QED) is 0.821. The summed E-state index contributed by atoms with van der Waals surface area (Å²) in [6.07, 6.45) is -3.73. The summed E-state index contributed by atoms with van der Waals surface area (Å²) in [5.74, 6) is 0. The Morgan fingerprint density at radius 3 is 2.35 bits per heavy atom. The molecule has 0 fully saturated rings. The van der Waals surface area contributed by atoms with Crippen LogP contribution >= 0.6 is 11.6 Å². The zero-order chi connectivity index (χ0) is 17.3. The molecule has 1 heterocycles. The SMILES string of the molecule is CCCC(O)(c1ccc(-c2ccc(C)cc2Cl)cn1)C(F)(F)F. The lowest BCUT2D eigenvalue weighted by molar-refractivity contribution is -0.270. The fourth-order valence-corrected chi connectivity index (χ4v) is 2.77. The van der Waals surface area contributed by atoms with Crippen LogP contribution in [0, 0.1) is 6.92 Å². The van der Waals surface area contributed by atoms with Gasteiger partial charge >= 0.3 is 6.18 Å². The lowest BCUT2D eigenvalue weighted by Gasteiger charge is -2.29. The van der Waals surface area contributed by atoms with Gasteiger partial charge in [-0.05, 0) is 31.0 Å². The van der Waals surface area contributed by atoms with Gasteiger partial charge in [0, 0.05) is 22.3 Å². The topological polar surface area (TPSA) is 33.1 Å². The van der Waals surface area contributed by atoms with Crippen molar-refractivity contribution in [2.75, 3.05) is 0 Å². The van der Waals surface area contributed by atoms with Crippen molar-refractivity contribution < 1.29 is 18.3 Å². The Morgan fingerprint density at radius 1 is 1.17 bits per heavy atom. The predicted molar refractivity (Wildman–Crippen MR) is 84.3 cm³/mol. The molecule has 2 aromatic rings. The third-order valence-corrected chi connectivity index (χ3v) is 4.02. The van der Waals surface area contributed by atoms with Crippen LogP contribution < -0.4 is 0 Å². The first-order chi connectivity index (χ1) is 10.7. The van der Waals surface area contributed by atoms with E-state index < -0.39 is 23.9 Å². The van der Waals surface area contributed by atoms with Gasteiger partial charge in [0.05, 0.1) is 5.69 Å². The van der Waals surface area contributed by atoms with Crippen molar-refractivity contribution in [1.29, 1.82) is 0 Å². The third kappa shape index (κ3) is 3.51. The molecule has 1 unspecified atom stereocenters. The maximum Gasteiger partial charge on any atom is 0.422 e. The Bertz CT molecular complexity index is 685. The normalized spacial score (nSPS) is 14.6. The third-order valence-electron chi connectivity index (χ3n) is 3.70. The molecule has 0 amide bonds. The van der Waals surface area contributed by atoms with E-state index in [-0.39, 0.29) is 6.42 Å². The van der Waals surface area contributed by atoms with Crippen LogP contribution in [-0.4, -0.2) is 16.3 Å². The number of aliphatic hydroxyl groups is 1. The first-order valence-electron chi connectivity index (χ1n) is 7.21. The van der Waals surface area contributed by atoms with Gasteiger partial charge in [0.2, 0.25) is 5.60 Å². The molecule has 1 N–H and O–H groups in total. The maximum atomic E-state index is 13.2. The summed E-state index contributed by atoms with van der Waals surface area (Å²) in [6.45, 7) is 3.47.